The molecule has 3 aromatic rings. The summed E-state index contributed by atoms with van der Waals surface area (Å²) in [6, 6.07) is 14.3. The minimum atomic E-state index is -0.933. The third-order valence-electron chi connectivity index (χ3n) is 8.72. The van der Waals surface area contributed by atoms with Crippen LogP contribution >= 0.6 is 0 Å². The number of rotatable bonds is 3. The van der Waals surface area contributed by atoms with E-state index in [9.17, 15) is 14.7 Å². The molecule has 1 saturated heterocycles. The Bertz CT molecular complexity index is 1310. The molecule has 1 amide bonds. The summed E-state index contributed by atoms with van der Waals surface area (Å²) in [5, 5.41) is 10.9. The van der Waals surface area contributed by atoms with Crippen LogP contribution in [0.4, 0.5) is 0 Å². The van der Waals surface area contributed by atoms with Crippen molar-refractivity contribution >= 4 is 22.8 Å². The van der Waals surface area contributed by atoms with Crippen molar-refractivity contribution in [1.82, 2.24) is 14.4 Å². The van der Waals surface area contributed by atoms with Gasteiger partial charge in [0.2, 0.25) is 5.91 Å². The van der Waals surface area contributed by atoms with Crippen molar-refractivity contribution in [2.24, 2.45) is 0 Å². The highest BCUT2D eigenvalue weighted by molar-refractivity contribution is 5.99. The molecule has 36 heavy (non-hydrogen) atoms. The normalized spacial score (nSPS) is 20.1. The quantitative estimate of drug-likeness (QED) is 0.533. The minimum Gasteiger partial charge on any atom is -0.478 e. The molecule has 1 aliphatic carbocycles. The van der Waals surface area contributed by atoms with Gasteiger partial charge in [0.15, 0.2) is 0 Å². The van der Waals surface area contributed by atoms with Crippen LogP contribution in [-0.2, 0) is 17.9 Å². The summed E-state index contributed by atoms with van der Waals surface area (Å²) in [5.41, 5.74) is 5.97. The summed E-state index contributed by atoms with van der Waals surface area (Å²) in [6.07, 6.45) is 7.97. The van der Waals surface area contributed by atoms with E-state index in [-0.39, 0.29) is 24.1 Å². The van der Waals surface area contributed by atoms with E-state index >= 15 is 0 Å². The average molecular weight is 486 g/mol. The number of piperidine rings is 1. The summed E-state index contributed by atoms with van der Waals surface area (Å²) in [5.74, 6) is -0.369. The van der Waals surface area contributed by atoms with Gasteiger partial charge in [-0.25, -0.2) is 4.79 Å². The molecule has 3 aliphatic rings. The van der Waals surface area contributed by atoms with E-state index in [1.165, 1.54) is 36.0 Å². The Morgan fingerprint density at radius 3 is 2.44 bits per heavy atom. The van der Waals surface area contributed by atoms with E-state index in [2.05, 4.69) is 45.7 Å². The Kier molecular flexibility index (Phi) is 6.08. The van der Waals surface area contributed by atoms with E-state index in [1.807, 2.05) is 6.07 Å². The molecule has 0 bridgehead atoms. The molecule has 6 nitrogen and oxygen atoms in total. The number of carboxylic acids is 1. The Balaban J connectivity index is 1.56. The fourth-order valence-electron chi connectivity index (χ4n) is 6.79. The molecule has 0 unspecified atom stereocenters. The van der Waals surface area contributed by atoms with Gasteiger partial charge in [-0.15, -0.1) is 0 Å². The van der Waals surface area contributed by atoms with E-state index in [0.717, 1.165) is 55.4 Å². The monoisotopic (exact) mass is 485 g/mol. The summed E-state index contributed by atoms with van der Waals surface area (Å²) >= 11 is 0. The zero-order valence-corrected chi connectivity index (χ0v) is 21.1. The van der Waals surface area contributed by atoms with Gasteiger partial charge in [-0.3, -0.25) is 4.79 Å². The van der Waals surface area contributed by atoms with Crippen LogP contribution < -0.4 is 0 Å². The van der Waals surface area contributed by atoms with Gasteiger partial charge in [0.25, 0.3) is 0 Å². The summed E-state index contributed by atoms with van der Waals surface area (Å²) < 4.78 is 2.15. The second-order valence-corrected chi connectivity index (χ2v) is 10.9. The van der Waals surface area contributed by atoms with Gasteiger partial charge >= 0.3 is 5.97 Å². The highest BCUT2D eigenvalue weighted by atomic mass is 16.4. The lowest BCUT2D eigenvalue weighted by atomic mass is 9.81. The van der Waals surface area contributed by atoms with E-state index in [0.29, 0.717) is 12.5 Å². The molecule has 0 radical (unpaired) electrons. The highest BCUT2D eigenvalue weighted by Crippen LogP contribution is 2.46. The van der Waals surface area contributed by atoms with Crippen LogP contribution in [0.3, 0.4) is 0 Å². The van der Waals surface area contributed by atoms with Crippen molar-refractivity contribution in [3.63, 3.8) is 0 Å². The van der Waals surface area contributed by atoms with E-state index in [4.69, 9.17) is 0 Å². The maximum Gasteiger partial charge on any atom is 0.335 e. The van der Waals surface area contributed by atoms with Crippen molar-refractivity contribution in [2.45, 2.75) is 70.0 Å². The maximum absolute atomic E-state index is 13.9. The van der Waals surface area contributed by atoms with Gasteiger partial charge < -0.3 is 19.5 Å². The molecular formula is C30H35N3O3. The molecule has 3 heterocycles. The van der Waals surface area contributed by atoms with Gasteiger partial charge in [0.1, 0.15) is 6.54 Å². The van der Waals surface area contributed by atoms with Crippen LogP contribution in [0.2, 0.25) is 0 Å². The number of likely N-dealkylation sites (tertiary alicyclic amines) is 1. The van der Waals surface area contributed by atoms with E-state index < -0.39 is 5.97 Å². The van der Waals surface area contributed by atoms with Crippen molar-refractivity contribution in [3.05, 3.63) is 59.2 Å². The topological polar surface area (TPSA) is 65.8 Å². The number of aromatic nitrogens is 1. The van der Waals surface area contributed by atoms with Crippen molar-refractivity contribution < 1.29 is 14.7 Å². The third-order valence-corrected chi connectivity index (χ3v) is 8.72. The number of nitrogens with zero attached hydrogens (tertiary/aromatic N) is 3. The number of carbonyl (C=O) groups is 2. The lowest BCUT2D eigenvalue weighted by Gasteiger charge is -2.39. The van der Waals surface area contributed by atoms with Crippen LogP contribution in [0, 0.1) is 0 Å². The molecule has 1 saturated carbocycles. The number of fused-ring (bicyclic) bond motifs is 5. The molecule has 6 rings (SSSR count). The second kappa shape index (κ2) is 9.40. The number of carboxylic acid groups (broad SMARTS) is 1. The SMILES string of the molecule is CN1CCC(N2Cc3ccccc3-c3c(C4CCCCC4)c4ccc(C(=O)O)cc4n3CC2=O)CC1. The van der Waals surface area contributed by atoms with Crippen LogP contribution in [0.1, 0.15) is 72.3 Å². The first-order valence-corrected chi connectivity index (χ1v) is 13.5. The molecule has 0 spiro atoms. The first kappa shape index (κ1) is 23.3. The first-order valence-electron chi connectivity index (χ1n) is 13.5. The molecule has 0 atom stereocenters. The summed E-state index contributed by atoms with van der Waals surface area (Å²) in [7, 11) is 2.14. The van der Waals surface area contributed by atoms with E-state index in [1.54, 1.807) is 12.1 Å². The standard InChI is InChI=1S/C30H35N3O3/c1-31-15-13-23(14-16-31)32-18-22-9-5-6-10-24(22)29-28(20-7-3-2-4-8-20)25-12-11-21(30(35)36)17-26(25)33(29)19-27(32)34/h5-6,9-12,17,20,23H,2-4,7-8,13-16,18-19H2,1H3,(H,35,36). The van der Waals surface area contributed by atoms with Crippen LogP contribution in [-0.4, -0.2) is 57.5 Å². The van der Waals surface area contributed by atoms with Crippen molar-refractivity contribution in [3.8, 4) is 11.3 Å². The number of aromatic carboxylic acids is 1. The van der Waals surface area contributed by atoms with Gasteiger partial charge in [-0.1, -0.05) is 49.6 Å². The van der Waals surface area contributed by atoms with Crippen molar-refractivity contribution in [1.29, 1.82) is 0 Å². The predicted octanol–water partition coefficient (Wildman–Crippen LogP) is 5.49. The lowest BCUT2D eigenvalue weighted by Crippen LogP contribution is -2.47. The third kappa shape index (κ3) is 4.01. The number of benzene rings is 2. The highest BCUT2D eigenvalue weighted by Gasteiger charge is 2.34. The molecule has 1 aromatic heterocycles. The number of amides is 1. The Hall–Kier alpha value is -3.12. The molecule has 6 heteroatoms. The van der Waals surface area contributed by atoms with Crippen LogP contribution in [0.25, 0.3) is 22.2 Å². The molecule has 2 fully saturated rings. The lowest BCUT2D eigenvalue weighted by molar-refractivity contribution is -0.135. The van der Waals surface area contributed by atoms with Crippen LogP contribution in [0.15, 0.2) is 42.5 Å². The van der Waals surface area contributed by atoms with Gasteiger partial charge in [-0.2, -0.15) is 0 Å². The first-order chi connectivity index (χ1) is 17.5. The van der Waals surface area contributed by atoms with Gasteiger partial charge in [0.05, 0.1) is 16.8 Å². The second-order valence-electron chi connectivity index (χ2n) is 10.9. The zero-order valence-electron chi connectivity index (χ0n) is 21.1. The number of carbonyl (C=O) groups excluding carboxylic acids is 1. The fourth-order valence-corrected chi connectivity index (χ4v) is 6.79. The molecule has 1 N–H and O–H groups in total. The van der Waals surface area contributed by atoms with Crippen molar-refractivity contribution in [2.75, 3.05) is 20.1 Å². The summed E-state index contributed by atoms with van der Waals surface area (Å²) in [6.45, 7) is 2.89. The smallest absolute Gasteiger partial charge is 0.335 e. The fraction of sp³-hybridized carbons (Fsp3) is 0.467. The molecular weight excluding hydrogens is 450 g/mol. The van der Waals surface area contributed by atoms with Crippen LogP contribution in [0.5, 0.6) is 0 Å². The Morgan fingerprint density at radius 1 is 0.944 bits per heavy atom. The Morgan fingerprint density at radius 2 is 1.69 bits per heavy atom. The van der Waals surface area contributed by atoms with Gasteiger partial charge in [-0.05, 0) is 75.0 Å². The number of hydrogen-bond acceptors (Lipinski definition) is 3. The Labute approximate surface area is 212 Å². The molecule has 2 aliphatic heterocycles. The summed E-state index contributed by atoms with van der Waals surface area (Å²) in [4.78, 5) is 30.3. The average Bonchev–Trinajstić information content (AvgIpc) is 3.20. The molecule has 2 aromatic carbocycles. The zero-order chi connectivity index (χ0) is 24.8. The largest absolute Gasteiger partial charge is 0.478 e. The van der Waals surface area contributed by atoms with Gasteiger partial charge in [0, 0.05) is 23.5 Å². The minimum absolute atomic E-state index is 0.133. The number of hydrogen-bond donors (Lipinski definition) is 1. The molecule has 188 valence electrons. The maximum atomic E-state index is 13.9. The predicted molar refractivity (Wildman–Crippen MR) is 141 cm³/mol.